The molecule has 0 bridgehead atoms. The van der Waals surface area contributed by atoms with Crippen LogP contribution in [-0.4, -0.2) is 77.4 Å². The molecule has 1 aromatic heterocycles. The van der Waals surface area contributed by atoms with Gasteiger partial charge >= 0.3 is 31.1 Å². The molecule has 2 heterocycles. The standard InChI is InChI=1S/C34H47F2N6O3P.U/c1-9-24-17-25(14-15-42(24)30(43)10-2)45-29-18-28(44-22(4)21(3)16-23(35)19-37-7)40-33(41-29)32(38-8)39-20-34(5,6)31-26(36)12-11-13-27(31)46;/h10-13,18,21-25,37H,2,8-9,14-17,19,46H2,1,3-7H3;/q-2;+2/t21-,22-,23+,24+,25-;/m0./s1. The summed E-state index contributed by atoms with van der Waals surface area (Å²) in [6, 6.07) is 6.41. The minimum absolute atomic E-state index is 0. The van der Waals surface area contributed by atoms with Crippen molar-refractivity contribution in [2.75, 3.05) is 20.1 Å². The number of benzene rings is 1. The summed E-state index contributed by atoms with van der Waals surface area (Å²) >= 11 is 0. The first kappa shape index (κ1) is 40.8. The molecule has 0 radical (unpaired) electrons. The summed E-state index contributed by atoms with van der Waals surface area (Å²) in [6.45, 7) is 13.8. The molecular weight excluding hydrogens is 847 g/mol. The predicted octanol–water partition coefficient (Wildman–Crippen LogP) is 5.27. The second-order valence-electron chi connectivity index (χ2n) is 12.2. The molecule has 6 atom stereocenters. The zero-order valence-corrected chi connectivity index (χ0v) is 33.5. The van der Waals surface area contributed by atoms with Crippen molar-refractivity contribution >= 4 is 32.5 Å². The molecule has 1 saturated heterocycles. The SMILES string of the molecule is C=CC(=O)N1CC[C@H](Oc2cc(O[C@@H](C)[C@@H](C)C[C@@H](F)CNC)nc(C(N=[C-]C(C)(C)c3c(F)cccc3P)=N[CH2-])n2)C[C@H]1CC.[U+2]. The Morgan fingerprint density at radius 2 is 2.04 bits per heavy atom. The fourth-order valence-corrected chi connectivity index (χ4v) is 6.13. The van der Waals surface area contributed by atoms with E-state index >= 15 is 0 Å². The summed E-state index contributed by atoms with van der Waals surface area (Å²) in [5.74, 6) is -0.0496. The number of aromatic nitrogens is 2. The van der Waals surface area contributed by atoms with Crippen LogP contribution >= 0.6 is 9.24 Å². The maximum atomic E-state index is 14.8. The number of carbonyl (C=O) groups is 1. The zero-order valence-electron chi connectivity index (χ0n) is 28.2. The number of carbonyl (C=O) groups excluding carboxylic acids is 1. The van der Waals surface area contributed by atoms with Gasteiger partial charge in [-0.2, -0.15) is 13.3 Å². The fraction of sp³-hybridized carbons (Fsp3) is 0.529. The molecule has 1 amide bonds. The first-order chi connectivity index (χ1) is 21.8. The smallest absolute Gasteiger partial charge is 0.474 e. The van der Waals surface area contributed by atoms with Crippen LogP contribution in [0.15, 0.2) is 46.9 Å². The molecule has 0 spiro atoms. The Bertz CT molecular complexity index is 1390. The van der Waals surface area contributed by atoms with Crippen LogP contribution in [0.3, 0.4) is 0 Å². The average molecular weight is 895 g/mol. The maximum absolute atomic E-state index is 14.8. The van der Waals surface area contributed by atoms with Crippen LogP contribution in [0.25, 0.3) is 0 Å². The van der Waals surface area contributed by atoms with Crippen molar-refractivity contribution in [2.45, 2.75) is 90.1 Å². The molecular formula is C34H47F2N6O3PU. The van der Waals surface area contributed by atoms with Gasteiger partial charge in [-0.25, -0.2) is 18.7 Å². The molecule has 9 nitrogen and oxygen atoms in total. The molecule has 1 unspecified atom stereocenters. The van der Waals surface area contributed by atoms with Crippen LogP contribution in [-0.2, 0) is 10.2 Å². The maximum Gasteiger partial charge on any atom is 2.00 e. The summed E-state index contributed by atoms with van der Waals surface area (Å²) in [5, 5.41) is 3.54. The largest absolute Gasteiger partial charge is 2.00 e. The van der Waals surface area contributed by atoms with Crippen molar-refractivity contribution in [3.05, 3.63) is 61.2 Å². The molecule has 1 aliphatic rings. The van der Waals surface area contributed by atoms with Crippen molar-refractivity contribution < 1.29 is 54.2 Å². The van der Waals surface area contributed by atoms with Gasteiger partial charge in [0.15, 0.2) is 0 Å². The van der Waals surface area contributed by atoms with Gasteiger partial charge in [0.1, 0.15) is 30.0 Å². The summed E-state index contributed by atoms with van der Waals surface area (Å²) in [7, 11) is 7.91. The van der Waals surface area contributed by atoms with Gasteiger partial charge in [-0.05, 0) is 61.2 Å². The van der Waals surface area contributed by atoms with E-state index in [0.29, 0.717) is 36.7 Å². The molecule has 1 fully saturated rings. The topological polar surface area (TPSA) is 101 Å². The van der Waals surface area contributed by atoms with Crippen LogP contribution < -0.4 is 20.1 Å². The quantitative estimate of drug-likeness (QED) is 0.0914. The molecule has 0 saturated carbocycles. The Labute approximate surface area is 304 Å². The number of alkyl halides is 1. The van der Waals surface area contributed by atoms with E-state index in [1.807, 2.05) is 25.7 Å². The Morgan fingerprint density at radius 1 is 1.34 bits per heavy atom. The van der Waals surface area contributed by atoms with Crippen molar-refractivity contribution in [3.8, 4) is 11.8 Å². The number of hydrogen-bond acceptors (Lipinski definition) is 7. The van der Waals surface area contributed by atoms with Crippen molar-refractivity contribution in [3.63, 3.8) is 0 Å². The number of amidine groups is 1. The number of rotatable bonds is 14. The van der Waals surface area contributed by atoms with Crippen LogP contribution in [0.5, 0.6) is 11.8 Å². The van der Waals surface area contributed by atoms with E-state index < -0.39 is 11.6 Å². The Hall–Kier alpha value is -2.38. The third-order valence-electron chi connectivity index (χ3n) is 8.19. The Morgan fingerprint density at radius 3 is 2.66 bits per heavy atom. The number of aliphatic imine (C=N–C) groups is 2. The molecule has 13 heteroatoms. The van der Waals surface area contributed by atoms with E-state index in [1.54, 1.807) is 39.1 Å². The molecule has 2 aromatic rings. The van der Waals surface area contributed by atoms with Crippen LogP contribution in [0.4, 0.5) is 8.78 Å². The van der Waals surface area contributed by atoms with Crippen LogP contribution in [0.1, 0.15) is 71.7 Å². The van der Waals surface area contributed by atoms with E-state index in [2.05, 4.69) is 54.4 Å². The van der Waals surface area contributed by atoms with E-state index in [4.69, 9.17) is 9.47 Å². The van der Waals surface area contributed by atoms with Crippen LogP contribution in [0, 0.1) is 49.9 Å². The van der Waals surface area contributed by atoms with Gasteiger partial charge < -0.3 is 29.7 Å². The van der Waals surface area contributed by atoms with E-state index in [-0.39, 0.29) is 97.0 Å². The number of likely N-dealkylation sites (tertiary alicyclic amines) is 1. The minimum Gasteiger partial charge on any atom is -0.474 e. The Balaban J connectivity index is 0.00000768. The van der Waals surface area contributed by atoms with E-state index in [0.717, 1.165) is 6.42 Å². The summed E-state index contributed by atoms with van der Waals surface area (Å²) in [4.78, 5) is 31.8. The number of nitrogens with one attached hydrogen (secondary N) is 1. The van der Waals surface area contributed by atoms with Gasteiger partial charge in [0, 0.05) is 37.8 Å². The number of nitrogens with zero attached hydrogens (tertiary/aromatic N) is 5. The van der Waals surface area contributed by atoms with Crippen molar-refractivity contribution in [1.29, 1.82) is 0 Å². The number of piperidine rings is 1. The van der Waals surface area contributed by atoms with Gasteiger partial charge in [0.2, 0.25) is 17.7 Å². The Kier molecular flexibility index (Phi) is 16.5. The molecule has 3 rings (SSSR count). The van der Waals surface area contributed by atoms with E-state index in [9.17, 15) is 13.6 Å². The van der Waals surface area contributed by atoms with Gasteiger partial charge in [-0.15, -0.1) is 9.24 Å². The average Bonchev–Trinajstić information content (AvgIpc) is 3.00. The first-order valence-corrected chi connectivity index (χ1v) is 16.2. The second-order valence-corrected chi connectivity index (χ2v) is 12.8. The first-order valence-electron chi connectivity index (χ1n) is 15.6. The number of ether oxygens (including phenoxy) is 2. The zero-order chi connectivity index (χ0) is 34.0. The minimum atomic E-state index is -1.02. The van der Waals surface area contributed by atoms with Gasteiger partial charge in [0.05, 0.1) is 6.07 Å². The molecule has 1 aromatic carbocycles. The van der Waals surface area contributed by atoms with Crippen LogP contribution in [0.2, 0.25) is 0 Å². The van der Waals surface area contributed by atoms with E-state index in [1.165, 1.54) is 12.1 Å². The van der Waals surface area contributed by atoms with Gasteiger partial charge in [0.25, 0.3) is 0 Å². The fourth-order valence-electron chi connectivity index (χ4n) is 5.52. The third-order valence-corrected chi connectivity index (χ3v) is 8.67. The summed E-state index contributed by atoms with van der Waals surface area (Å²) in [6.07, 6.45) is 4.97. The van der Waals surface area contributed by atoms with Gasteiger partial charge in [-0.1, -0.05) is 46.4 Å². The molecule has 1 aliphatic heterocycles. The molecule has 1 N–H and O–H groups in total. The normalized spacial score (nSPS) is 19.1. The van der Waals surface area contributed by atoms with Crippen molar-refractivity contribution in [1.82, 2.24) is 20.2 Å². The van der Waals surface area contributed by atoms with Crippen molar-refractivity contribution in [2.24, 2.45) is 15.9 Å². The number of halogens is 2. The summed E-state index contributed by atoms with van der Waals surface area (Å²) in [5.41, 5.74) is -0.508. The third kappa shape index (κ3) is 11.3. The molecule has 47 heavy (non-hydrogen) atoms. The molecule has 0 aliphatic carbocycles. The number of hydrogen-bond donors (Lipinski definition) is 1. The van der Waals surface area contributed by atoms with Gasteiger partial charge in [-0.3, -0.25) is 4.79 Å². The number of amides is 1. The molecule has 254 valence electrons. The summed E-state index contributed by atoms with van der Waals surface area (Å²) < 4.78 is 41.7. The predicted molar refractivity (Wildman–Crippen MR) is 182 cm³/mol. The monoisotopic (exact) mass is 894 g/mol. The second kappa shape index (κ2) is 19.0.